The average molecular weight is 325 g/mol. The summed E-state index contributed by atoms with van der Waals surface area (Å²) >= 11 is 3.27. The molecule has 0 saturated heterocycles. The molecule has 0 unspecified atom stereocenters. The first-order valence-corrected chi connectivity index (χ1v) is 6.61. The van der Waals surface area contributed by atoms with Crippen molar-refractivity contribution in [2.45, 2.75) is 13.1 Å². The van der Waals surface area contributed by atoms with Gasteiger partial charge in [-0.2, -0.15) is 0 Å². The van der Waals surface area contributed by atoms with Gasteiger partial charge >= 0.3 is 0 Å². The fraction of sp³-hybridized carbons (Fsp3) is 0.214. The Morgan fingerprint density at radius 2 is 2.00 bits per heavy atom. The van der Waals surface area contributed by atoms with E-state index in [1.165, 1.54) is 12.1 Å². The highest BCUT2D eigenvalue weighted by molar-refractivity contribution is 9.10. The van der Waals surface area contributed by atoms with Crippen LogP contribution in [0.15, 0.2) is 41.0 Å². The number of nitrogens with one attached hydrogen (secondary N) is 1. The van der Waals surface area contributed by atoms with Gasteiger partial charge in [0, 0.05) is 29.8 Å². The highest BCUT2D eigenvalue weighted by Crippen LogP contribution is 2.15. The number of ether oxygens (including phenoxy) is 1. The topological polar surface area (TPSA) is 34.1 Å². The van der Waals surface area contributed by atoms with Gasteiger partial charge in [-0.15, -0.1) is 0 Å². The minimum absolute atomic E-state index is 0.239. The van der Waals surface area contributed by atoms with Gasteiger partial charge in [0.25, 0.3) is 0 Å². The highest BCUT2D eigenvalue weighted by atomic mass is 79.9. The summed E-state index contributed by atoms with van der Waals surface area (Å²) in [6.07, 6.45) is 1.76. The second-order valence-corrected chi connectivity index (χ2v) is 5.01. The third-order valence-electron chi connectivity index (χ3n) is 2.59. The second kappa shape index (κ2) is 6.63. The Labute approximate surface area is 119 Å². The summed E-state index contributed by atoms with van der Waals surface area (Å²) in [7, 11) is 1.59. The van der Waals surface area contributed by atoms with Crippen molar-refractivity contribution in [2.24, 2.45) is 0 Å². The first-order chi connectivity index (χ1) is 9.17. The van der Waals surface area contributed by atoms with E-state index in [1.54, 1.807) is 13.3 Å². The van der Waals surface area contributed by atoms with Gasteiger partial charge in [-0.05, 0) is 29.3 Å². The minimum atomic E-state index is -0.239. The highest BCUT2D eigenvalue weighted by Gasteiger charge is 2.00. The summed E-state index contributed by atoms with van der Waals surface area (Å²) in [6, 6.07) is 8.61. The zero-order valence-corrected chi connectivity index (χ0v) is 12.1. The van der Waals surface area contributed by atoms with Gasteiger partial charge in [-0.1, -0.05) is 22.0 Å². The molecule has 0 aliphatic rings. The molecule has 3 nitrogen and oxygen atoms in total. The first-order valence-electron chi connectivity index (χ1n) is 5.82. The molecule has 2 aromatic rings. The summed E-state index contributed by atoms with van der Waals surface area (Å²) in [4.78, 5) is 4.12. The van der Waals surface area contributed by atoms with Crippen molar-refractivity contribution in [3.05, 3.63) is 57.9 Å². The number of halogens is 2. The number of benzene rings is 1. The standard InChI is InChI=1S/C14H14BrFN2O/c1-19-14-3-2-10(9-18-14)7-17-8-11-4-12(15)6-13(16)5-11/h2-6,9,17H,7-8H2,1H3. The van der Waals surface area contributed by atoms with Gasteiger partial charge in [0.2, 0.25) is 5.88 Å². The zero-order chi connectivity index (χ0) is 13.7. The van der Waals surface area contributed by atoms with E-state index in [4.69, 9.17) is 4.74 Å². The third kappa shape index (κ3) is 4.29. The molecule has 0 aliphatic heterocycles. The van der Waals surface area contributed by atoms with Crippen molar-refractivity contribution in [1.82, 2.24) is 10.3 Å². The maximum atomic E-state index is 13.2. The number of aromatic nitrogens is 1. The molecule has 5 heteroatoms. The Bertz CT molecular complexity index is 525. The Balaban J connectivity index is 1.88. The van der Waals surface area contributed by atoms with Crippen LogP contribution < -0.4 is 10.1 Å². The quantitative estimate of drug-likeness (QED) is 0.916. The lowest BCUT2D eigenvalue weighted by molar-refractivity contribution is 0.397. The van der Waals surface area contributed by atoms with Crippen LogP contribution in [0.25, 0.3) is 0 Å². The lowest BCUT2D eigenvalue weighted by Gasteiger charge is -2.06. The molecule has 1 aromatic carbocycles. The predicted molar refractivity (Wildman–Crippen MR) is 75.4 cm³/mol. The van der Waals surface area contributed by atoms with E-state index in [9.17, 15) is 4.39 Å². The number of methoxy groups -OCH3 is 1. The van der Waals surface area contributed by atoms with Gasteiger partial charge in [0.1, 0.15) is 5.82 Å². The van der Waals surface area contributed by atoms with Crippen LogP contribution in [0, 0.1) is 5.82 Å². The summed E-state index contributed by atoms with van der Waals surface area (Å²) in [5.41, 5.74) is 1.95. The van der Waals surface area contributed by atoms with Crippen LogP contribution in [-0.4, -0.2) is 12.1 Å². The minimum Gasteiger partial charge on any atom is -0.481 e. The van der Waals surface area contributed by atoms with Gasteiger partial charge in [-0.3, -0.25) is 0 Å². The van der Waals surface area contributed by atoms with Crippen LogP contribution in [0.4, 0.5) is 4.39 Å². The normalized spacial score (nSPS) is 10.5. The molecular weight excluding hydrogens is 311 g/mol. The van der Waals surface area contributed by atoms with E-state index in [2.05, 4.69) is 26.2 Å². The van der Waals surface area contributed by atoms with Gasteiger partial charge in [-0.25, -0.2) is 9.37 Å². The van der Waals surface area contributed by atoms with Crippen LogP contribution in [-0.2, 0) is 13.1 Å². The molecule has 0 spiro atoms. The molecule has 19 heavy (non-hydrogen) atoms. The van der Waals surface area contributed by atoms with Gasteiger partial charge in [0.15, 0.2) is 0 Å². The summed E-state index contributed by atoms with van der Waals surface area (Å²) in [6.45, 7) is 1.27. The molecule has 0 radical (unpaired) electrons. The van der Waals surface area contributed by atoms with Gasteiger partial charge < -0.3 is 10.1 Å². The summed E-state index contributed by atoms with van der Waals surface area (Å²) < 4.78 is 18.9. The van der Waals surface area contributed by atoms with Crippen molar-refractivity contribution in [2.75, 3.05) is 7.11 Å². The number of pyridine rings is 1. The summed E-state index contributed by atoms with van der Waals surface area (Å²) in [5.74, 6) is 0.357. The maximum Gasteiger partial charge on any atom is 0.212 e. The molecule has 0 saturated carbocycles. The monoisotopic (exact) mass is 324 g/mol. The lowest BCUT2D eigenvalue weighted by Crippen LogP contribution is -2.13. The van der Waals surface area contributed by atoms with Crippen LogP contribution in [0.2, 0.25) is 0 Å². The fourth-order valence-electron chi connectivity index (χ4n) is 1.70. The fourth-order valence-corrected chi connectivity index (χ4v) is 2.21. The molecule has 1 N–H and O–H groups in total. The molecule has 0 fully saturated rings. The molecule has 1 aromatic heterocycles. The van der Waals surface area contributed by atoms with Crippen LogP contribution in [0.1, 0.15) is 11.1 Å². The molecule has 0 atom stereocenters. The van der Waals surface area contributed by atoms with Crippen LogP contribution >= 0.6 is 15.9 Å². The van der Waals surface area contributed by atoms with E-state index in [-0.39, 0.29) is 5.82 Å². The SMILES string of the molecule is COc1ccc(CNCc2cc(F)cc(Br)c2)cn1. The molecule has 0 amide bonds. The van der Waals surface area contributed by atoms with E-state index < -0.39 is 0 Å². The number of hydrogen-bond donors (Lipinski definition) is 1. The zero-order valence-electron chi connectivity index (χ0n) is 10.5. The van der Waals surface area contributed by atoms with E-state index >= 15 is 0 Å². The van der Waals surface area contributed by atoms with Crippen molar-refractivity contribution >= 4 is 15.9 Å². The number of rotatable bonds is 5. The maximum absolute atomic E-state index is 13.2. The van der Waals surface area contributed by atoms with Crippen molar-refractivity contribution in [3.63, 3.8) is 0 Å². The van der Waals surface area contributed by atoms with E-state index in [0.717, 1.165) is 15.6 Å². The molecule has 0 bridgehead atoms. The van der Waals surface area contributed by atoms with Crippen molar-refractivity contribution < 1.29 is 9.13 Å². The Morgan fingerprint density at radius 1 is 1.21 bits per heavy atom. The smallest absolute Gasteiger partial charge is 0.212 e. The number of hydrogen-bond acceptors (Lipinski definition) is 3. The lowest BCUT2D eigenvalue weighted by atomic mass is 10.2. The van der Waals surface area contributed by atoms with Crippen molar-refractivity contribution in [3.8, 4) is 5.88 Å². The number of nitrogens with zero attached hydrogens (tertiary/aromatic N) is 1. The van der Waals surface area contributed by atoms with Crippen molar-refractivity contribution in [1.29, 1.82) is 0 Å². The third-order valence-corrected chi connectivity index (χ3v) is 3.05. The Hall–Kier alpha value is -1.46. The van der Waals surface area contributed by atoms with E-state index in [1.807, 2.05) is 18.2 Å². The van der Waals surface area contributed by atoms with E-state index in [0.29, 0.717) is 19.0 Å². The summed E-state index contributed by atoms with van der Waals surface area (Å²) in [5, 5.41) is 3.24. The Morgan fingerprint density at radius 3 is 2.63 bits per heavy atom. The van der Waals surface area contributed by atoms with Crippen LogP contribution in [0.5, 0.6) is 5.88 Å². The molecule has 1 heterocycles. The van der Waals surface area contributed by atoms with Crippen LogP contribution in [0.3, 0.4) is 0 Å². The molecular formula is C14H14BrFN2O. The first kappa shape index (κ1) is 14.0. The average Bonchev–Trinajstić information content (AvgIpc) is 2.38. The molecule has 2 rings (SSSR count). The predicted octanol–water partition coefficient (Wildman–Crippen LogP) is 3.28. The largest absolute Gasteiger partial charge is 0.481 e. The molecule has 0 aliphatic carbocycles. The van der Waals surface area contributed by atoms with Gasteiger partial charge in [0.05, 0.1) is 7.11 Å². The second-order valence-electron chi connectivity index (χ2n) is 4.09. The molecule has 100 valence electrons. The Kier molecular flexibility index (Phi) is 4.87.